The average Bonchev–Trinajstić information content (AvgIpc) is 2.97. The Labute approximate surface area is 118 Å². The van der Waals surface area contributed by atoms with Crippen molar-refractivity contribution in [3.8, 4) is 23.0 Å². The van der Waals surface area contributed by atoms with E-state index in [0.29, 0.717) is 11.4 Å². The van der Waals surface area contributed by atoms with Crippen LogP contribution in [0.3, 0.4) is 0 Å². The van der Waals surface area contributed by atoms with Crippen molar-refractivity contribution in [3.63, 3.8) is 0 Å². The number of nitrogens with two attached hydrogens (primary N) is 1. The lowest BCUT2D eigenvalue weighted by molar-refractivity contribution is -0.384. The Hall–Kier alpha value is -3.29. The second kappa shape index (κ2) is 5.00. The summed E-state index contributed by atoms with van der Waals surface area (Å²) in [6.07, 6.45) is 1.46. The first-order valence-corrected chi connectivity index (χ1v) is 5.94. The number of nitro groups is 1. The predicted molar refractivity (Wildman–Crippen MR) is 74.0 cm³/mol. The van der Waals surface area contributed by atoms with Crippen LogP contribution in [0.1, 0.15) is 0 Å². The van der Waals surface area contributed by atoms with Gasteiger partial charge in [0.05, 0.1) is 16.8 Å². The molecular weight excluding hydrogens is 274 g/mol. The maximum atomic E-state index is 11.0. The topological polar surface area (TPSA) is 121 Å². The molecule has 0 unspecified atom stereocenters. The number of hydrogen-bond donors (Lipinski definition) is 1. The van der Waals surface area contributed by atoms with Gasteiger partial charge in [0, 0.05) is 6.07 Å². The van der Waals surface area contributed by atoms with Crippen LogP contribution >= 0.6 is 0 Å². The highest BCUT2D eigenvalue weighted by Gasteiger charge is 2.19. The molecule has 21 heavy (non-hydrogen) atoms. The van der Waals surface area contributed by atoms with Gasteiger partial charge in [0.25, 0.3) is 11.6 Å². The Kier molecular flexibility index (Phi) is 3.03. The summed E-state index contributed by atoms with van der Waals surface area (Å²) < 4.78 is 5.09. The van der Waals surface area contributed by atoms with Gasteiger partial charge in [-0.05, 0) is 18.2 Å². The minimum atomic E-state index is -0.493. The van der Waals surface area contributed by atoms with Gasteiger partial charge in [-0.15, -0.1) is 0 Å². The second-order valence-electron chi connectivity index (χ2n) is 4.17. The van der Waals surface area contributed by atoms with Gasteiger partial charge in [-0.3, -0.25) is 10.1 Å². The Morgan fingerprint density at radius 1 is 1.19 bits per heavy atom. The molecule has 0 radical (unpaired) electrons. The lowest BCUT2D eigenvalue weighted by atomic mass is 10.2. The number of aromatic nitrogens is 3. The zero-order chi connectivity index (χ0) is 14.8. The largest absolute Gasteiger partial charge is 0.397 e. The van der Waals surface area contributed by atoms with Gasteiger partial charge in [-0.2, -0.15) is 4.98 Å². The second-order valence-corrected chi connectivity index (χ2v) is 4.17. The summed E-state index contributed by atoms with van der Waals surface area (Å²) in [6, 6.07) is 9.46. The van der Waals surface area contributed by atoms with E-state index >= 15 is 0 Å². The third-order valence-electron chi connectivity index (χ3n) is 2.77. The van der Waals surface area contributed by atoms with Gasteiger partial charge < -0.3 is 10.3 Å². The fourth-order valence-electron chi connectivity index (χ4n) is 1.79. The number of para-hydroxylation sites is 1. The van der Waals surface area contributed by atoms with Crippen molar-refractivity contribution in [2.24, 2.45) is 0 Å². The van der Waals surface area contributed by atoms with E-state index in [1.54, 1.807) is 30.3 Å². The summed E-state index contributed by atoms with van der Waals surface area (Å²) in [7, 11) is 0. The molecular formula is C13H9N5O3. The highest BCUT2D eigenvalue weighted by Crippen LogP contribution is 2.28. The molecule has 0 aliphatic carbocycles. The van der Waals surface area contributed by atoms with Gasteiger partial charge in [0.15, 0.2) is 0 Å². The van der Waals surface area contributed by atoms with E-state index < -0.39 is 4.92 Å². The molecule has 3 aromatic rings. The fraction of sp³-hybridized carbons (Fsp3) is 0. The van der Waals surface area contributed by atoms with Crippen LogP contribution < -0.4 is 5.73 Å². The Morgan fingerprint density at radius 2 is 2.00 bits per heavy atom. The molecule has 2 aromatic heterocycles. The van der Waals surface area contributed by atoms with Crippen molar-refractivity contribution in [3.05, 3.63) is 52.7 Å². The standard InChI is InChI=1S/C13H9N5O3/c14-8-5-6-10(15-7-8)13-16-12(17-21-13)9-3-1-2-4-11(9)18(19)20/h1-7H,14H2. The maximum absolute atomic E-state index is 11.0. The van der Waals surface area contributed by atoms with Crippen LogP contribution in [0.2, 0.25) is 0 Å². The number of pyridine rings is 1. The minimum Gasteiger partial charge on any atom is -0.397 e. The van der Waals surface area contributed by atoms with E-state index in [2.05, 4.69) is 15.1 Å². The van der Waals surface area contributed by atoms with Crippen LogP contribution in [0.15, 0.2) is 47.1 Å². The lowest BCUT2D eigenvalue weighted by Gasteiger charge is -1.96. The summed E-state index contributed by atoms with van der Waals surface area (Å²) in [6.45, 7) is 0. The molecule has 1 aromatic carbocycles. The summed E-state index contributed by atoms with van der Waals surface area (Å²) >= 11 is 0. The highest BCUT2D eigenvalue weighted by molar-refractivity contribution is 5.68. The number of nitrogens with zero attached hydrogens (tertiary/aromatic N) is 4. The number of nitro benzene ring substituents is 1. The van der Waals surface area contributed by atoms with Gasteiger partial charge in [0.2, 0.25) is 5.82 Å². The molecule has 0 aliphatic heterocycles. The first kappa shape index (κ1) is 12.7. The van der Waals surface area contributed by atoms with E-state index in [9.17, 15) is 10.1 Å². The molecule has 2 heterocycles. The Bertz CT molecular complexity index is 798. The summed E-state index contributed by atoms with van der Waals surface area (Å²) in [5.74, 6) is 0.305. The fourth-order valence-corrected chi connectivity index (χ4v) is 1.79. The van der Waals surface area contributed by atoms with Crippen molar-refractivity contribution < 1.29 is 9.45 Å². The number of anilines is 1. The molecule has 0 fully saturated rings. The summed E-state index contributed by atoms with van der Waals surface area (Å²) in [5.41, 5.74) is 6.70. The van der Waals surface area contributed by atoms with Gasteiger partial charge in [0.1, 0.15) is 11.3 Å². The van der Waals surface area contributed by atoms with Crippen LogP contribution in [0, 0.1) is 10.1 Å². The van der Waals surface area contributed by atoms with Crippen LogP contribution in [0.25, 0.3) is 23.0 Å². The monoisotopic (exact) mass is 283 g/mol. The maximum Gasteiger partial charge on any atom is 0.280 e. The average molecular weight is 283 g/mol. The summed E-state index contributed by atoms with van der Waals surface area (Å²) in [5, 5.41) is 14.8. The quantitative estimate of drug-likeness (QED) is 0.578. The highest BCUT2D eigenvalue weighted by atomic mass is 16.6. The van der Waals surface area contributed by atoms with Crippen LogP contribution in [-0.2, 0) is 0 Å². The first-order chi connectivity index (χ1) is 10.1. The molecule has 0 bridgehead atoms. The molecule has 0 saturated heterocycles. The van der Waals surface area contributed by atoms with Crippen LogP contribution in [-0.4, -0.2) is 20.0 Å². The molecule has 0 spiro atoms. The van der Waals surface area contributed by atoms with E-state index in [1.807, 2.05) is 0 Å². The SMILES string of the molecule is Nc1ccc(-c2nc(-c3ccccc3[N+](=O)[O-])no2)nc1. The Balaban J connectivity index is 2.03. The zero-order valence-corrected chi connectivity index (χ0v) is 10.6. The Morgan fingerprint density at radius 3 is 2.71 bits per heavy atom. The van der Waals surface area contributed by atoms with Crippen molar-refractivity contribution in [1.82, 2.24) is 15.1 Å². The summed E-state index contributed by atoms with van der Waals surface area (Å²) in [4.78, 5) is 18.7. The molecule has 2 N–H and O–H groups in total. The van der Waals surface area contributed by atoms with E-state index in [1.165, 1.54) is 12.3 Å². The van der Waals surface area contributed by atoms with Gasteiger partial charge >= 0.3 is 0 Å². The van der Waals surface area contributed by atoms with Crippen molar-refractivity contribution in [1.29, 1.82) is 0 Å². The lowest BCUT2D eigenvalue weighted by Crippen LogP contribution is -1.92. The molecule has 0 aliphatic rings. The molecule has 8 heteroatoms. The van der Waals surface area contributed by atoms with E-state index in [-0.39, 0.29) is 23.0 Å². The third kappa shape index (κ3) is 2.41. The molecule has 3 rings (SSSR count). The number of hydrogen-bond acceptors (Lipinski definition) is 7. The van der Waals surface area contributed by atoms with Crippen molar-refractivity contribution in [2.45, 2.75) is 0 Å². The first-order valence-electron chi connectivity index (χ1n) is 5.94. The molecule has 0 amide bonds. The number of rotatable bonds is 3. The molecule has 104 valence electrons. The molecule has 0 atom stereocenters. The van der Waals surface area contributed by atoms with Crippen molar-refractivity contribution in [2.75, 3.05) is 5.73 Å². The number of nitrogen functional groups attached to an aromatic ring is 1. The van der Waals surface area contributed by atoms with E-state index in [0.717, 1.165) is 0 Å². The van der Waals surface area contributed by atoms with E-state index in [4.69, 9.17) is 10.3 Å². The molecule has 0 saturated carbocycles. The van der Waals surface area contributed by atoms with Crippen LogP contribution in [0.4, 0.5) is 11.4 Å². The number of benzene rings is 1. The predicted octanol–water partition coefficient (Wildman–Crippen LogP) is 2.29. The minimum absolute atomic E-state index is 0.0879. The van der Waals surface area contributed by atoms with Crippen molar-refractivity contribution >= 4 is 11.4 Å². The van der Waals surface area contributed by atoms with Crippen LogP contribution in [0.5, 0.6) is 0 Å². The normalized spacial score (nSPS) is 10.5. The van der Waals surface area contributed by atoms with Gasteiger partial charge in [-0.1, -0.05) is 17.3 Å². The molecule has 8 nitrogen and oxygen atoms in total. The smallest absolute Gasteiger partial charge is 0.280 e. The van der Waals surface area contributed by atoms with Gasteiger partial charge in [-0.25, -0.2) is 4.98 Å². The zero-order valence-electron chi connectivity index (χ0n) is 10.6. The third-order valence-corrected chi connectivity index (χ3v) is 2.77.